The zero-order valence-electron chi connectivity index (χ0n) is 11.1. The molecule has 4 nitrogen and oxygen atoms in total. The fourth-order valence-corrected chi connectivity index (χ4v) is 3.91. The van der Waals surface area contributed by atoms with Crippen LogP contribution in [0.4, 0.5) is 0 Å². The number of ether oxygens (including phenoxy) is 2. The van der Waals surface area contributed by atoms with Crippen LogP contribution in [0.15, 0.2) is 23.6 Å². The molecule has 104 valence electrons. The Morgan fingerprint density at radius 3 is 2.80 bits per heavy atom. The Morgan fingerprint density at radius 2 is 1.95 bits per heavy atom. The van der Waals surface area contributed by atoms with E-state index in [-0.39, 0.29) is 5.54 Å². The quantitative estimate of drug-likeness (QED) is 0.921. The van der Waals surface area contributed by atoms with Crippen molar-refractivity contribution in [3.05, 3.63) is 28.6 Å². The molecule has 0 amide bonds. The van der Waals surface area contributed by atoms with Crippen molar-refractivity contribution < 1.29 is 9.47 Å². The maximum atomic E-state index is 6.47. The third-order valence-corrected chi connectivity index (χ3v) is 5.16. The van der Waals surface area contributed by atoms with Gasteiger partial charge in [-0.3, -0.25) is 0 Å². The molecule has 1 fully saturated rings. The normalized spacial score (nSPS) is 19.4. The second-order valence-corrected chi connectivity index (χ2v) is 6.33. The van der Waals surface area contributed by atoms with E-state index in [0.29, 0.717) is 6.79 Å². The van der Waals surface area contributed by atoms with E-state index < -0.39 is 0 Å². The van der Waals surface area contributed by atoms with Crippen molar-refractivity contribution in [3.8, 4) is 22.8 Å². The first-order chi connectivity index (χ1) is 9.74. The Hall–Kier alpha value is -1.59. The lowest BCUT2D eigenvalue weighted by Gasteiger charge is -2.19. The summed E-state index contributed by atoms with van der Waals surface area (Å²) >= 11 is 1.67. The fraction of sp³-hybridized carbons (Fsp3) is 0.400. The molecule has 1 aromatic carbocycles. The lowest BCUT2D eigenvalue weighted by molar-refractivity contribution is 0.174. The summed E-state index contributed by atoms with van der Waals surface area (Å²) < 4.78 is 10.7. The van der Waals surface area contributed by atoms with Gasteiger partial charge in [0.2, 0.25) is 6.79 Å². The van der Waals surface area contributed by atoms with Gasteiger partial charge in [0.15, 0.2) is 11.5 Å². The molecule has 5 heteroatoms. The minimum absolute atomic E-state index is 0.209. The summed E-state index contributed by atoms with van der Waals surface area (Å²) in [5.41, 5.74) is 8.28. The number of hydrogen-bond donors (Lipinski definition) is 1. The van der Waals surface area contributed by atoms with Gasteiger partial charge in [0, 0.05) is 10.9 Å². The van der Waals surface area contributed by atoms with E-state index in [1.54, 1.807) is 11.3 Å². The SMILES string of the molecule is NC1(c2nc(-c3ccc4c(c3)OCO4)cs2)CCCC1. The van der Waals surface area contributed by atoms with Crippen LogP contribution in [0.5, 0.6) is 11.5 Å². The first kappa shape index (κ1) is 12.2. The van der Waals surface area contributed by atoms with Gasteiger partial charge in [-0.2, -0.15) is 0 Å². The number of fused-ring (bicyclic) bond motifs is 1. The van der Waals surface area contributed by atoms with E-state index in [1.165, 1.54) is 12.8 Å². The Morgan fingerprint density at radius 1 is 1.15 bits per heavy atom. The van der Waals surface area contributed by atoms with Crippen LogP contribution >= 0.6 is 11.3 Å². The summed E-state index contributed by atoms with van der Waals surface area (Å²) in [5, 5.41) is 3.14. The topological polar surface area (TPSA) is 57.4 Å². The molecule has 20 heavy (non-hydrogen) atoms. The van der Waals surface area contributed by atoms with Crippen LogP contribution < -0.4 is 15.2 Å². The Balaban J connectivity index is 1.68. The van der Waals surface area contributed by atoms with Crippen molar-refractivity contribution in [2.75, 3.05) is 6.79 Å². The van der Waals surface area contributed by atoms with E-state index in [0.717, 1.165) is 40.6 Å². The van der Waals surface area contributed by atoms with Crippen molar-refractivity contribution in [3.63, 3.8) is 0 Å². The molecular formula is C15H16N2O2S. The molecule has 1 aliphatic carbocycles. The van der Waals surface area contributed by atoms with Gasteiger partial charge in [-0.1, -0.05) is 12.8 Å². The zero-order valence-corrected chi connectivity index (χ0v) is 11.9. The smallest absolute Gasteiger partial charge is 0.231 e. The summed E-state index contributed by atoms with van der Waals surface area (Å²) in [7, 11) is 0. The monoisotopic (exact) mass is 288 g/mol. The molecule has 0 atom stereocenters. The molecule has 1 saturated carbocycles. The van der Waals surface area contributed by atoms with E-state index >= 15 is 0 Å². The number of aromatic nitrogens is 1. The van der Waals surface area contributed by atoms with Crippen LogP contribution in [-0.2, 0) is 5.54 Å². The average molecular weight is 288 g/mol. The molecule has 2 heterocycles. The van der Waals surface area contributed by atoms with Gasteiger partial charge in [0.1, 0.15) is 5.01 Å². The van der Waals surface area contributed by atoms with Gasteiger partial charge < -0.3 is 15.2 Å². The third-order valence-electron chi connectivity index (χ3n) is 4.09. The number of nitrogens with zero attached hydrogens (tertiary/aromatic N) is 1. The van der Waals surface area contributed by atoms with Crippen LogP contribution in [0.2, 0.25) is 0 Å². The summed E-state index contributed by atoms with van der Waals surface area (Å²) in [6.07, 6.45) is 4.49. The van der Waals surface area contributed by atoms with Crippen molar-refractivity contribution in [1.29, 1.82) is 0 Å². The Kier molecular flexibility index (Phi) is 2.72. The van der Waals surface area contributed by atoms with E-state index in [1.807, 2.05) is 18.2 Å². The number of benzene rings is 1. The Labute approximate surface area is 121 Å². The lowest BCUT2D eigenvalue weighted by Crippen LogP contribution is -2.32. The second-order valence-electron chi connectivity index (χ2n) is 5.47. The maximum Gasteiger partial charge on any atom is 0.231 e. The number of nitrogens with two attached hydrogens (primary N) is 1. The average Bonchev–Trinajstić information content (AvgIpc) is 3.18. The van der Waals surface area contributed by atoms with Gasteiger partial charge in [-0.15, -0.1) is 11.3 Å². The third kappa shape index (κ3) is 1.89. The number of rotatable bonds is 2. The fourth-order valence-electron chi connectivity index (χ4n) is 2.91. The summed E-state index contributed by atoms with van der Waals surface area (Å²) in [5.74, 6) is 1.59. The minimum Gasteiger partial charge on any atom is -0.454 e. The zero-order chi connectivity index (χ0) is 13.6. The highest BCUT2D eigenvalue weighted by molar-refractivity contribution is 7.10. The number of hydrogen-bond acceptors (Lipinski definition) is 5. The summed E-state index contributed by atoms with van der Waals surface area (Å²) in [6.45, 7) is 0.299. The van der Waals surface area contributed by atoms with Gasteiger partial charge in [0.25, 0.3) is 0 Å². The van der Waals surface area contributed by atoms with E-state index in [4.69, 9.17) is 20.2 Å². The molecule has 2 aliphatic rings. The molecule has 4 rings (SSSR count). The molecule has 0 bridgehead atoms. The van der Waals surface area contributed by atoms with Crippen LogP contribution in [0.25, 0.3) is 11.3 Å². The predicted molar refractivity (Wildman–Crippen MR) is 78.0 cm³/mol. The highest BCUT2D eigenvalue weighted by Gasteiger charge is 2.34. The van der Waals surface area contributed by atoms with Crippen LogP contribution in [-0.4, -0.2) is 11.8 Å². The number of thiazole rings is 1. The van der Waals surface area contributed by atoms with Crippen LogP contribution in [0.1, 0.15) is 30.7 Å². The van der Waals surface area contributed by atoms with E-state index in [9.17, 15) is 0 Å². The summed E-state index contributed by atoms with van der Waals surface area (Å²) in [6, 6.07) is 5.94. The lowest BCUT2D eigenvalue weighted by atomic mass is 10.0. The molecule has 0 spiro atoms. The van der Waals surface area contributed by atoms with Gasteiger partial charge >= 0.3 is 0 Å². The standard InChI is InChI=1S/C15H16N2O2S/c16-15(5-1-2-6-15)14-17-11(8-20-14)10-3-4-12-13(7-10)19-9-18-12/h3-4,7-8H,1-2,5-6,9,16H2. The molecule has 1 aromatic heterocycles. The largest absolute Gasteiger partial charge is 0.454 e. The Bertz CT molecular complexity index is 647. The van der Waals surface area contributed by atoms with Gasteiger partial charge in [0.05, 0.1) is 11.2 Å². The molecular weight excluding hydrogens is 272 g/mol. The highest BCUT2D eigenvalue weighted by atomic mass is 32.1. The van der Waals surface area contributed by atoms with Crippen LogP contribution in [0.3, 0.4) is 0 Å². The molecule has 2 N–H and O–H groups in total. The van der Waals surface area contributed by atoms with Crippen molar-refractivity contribution >= 4 is 11.3 Å². The van der Waals surface area contributed by atoms with Crippen molar-refractivity contribution in [2.45, 2.75) is 31.2 Å². The first-order valence-electron chi connectivity index (χ1n) is 6.90. The highest BCUT2D eigenvalue weighted by Crippen LogP contribution is 2.40. The van der Waals surface area contributed by atoms with Crippen molar-refractivity contribution in [2.24, 2.45) is 5.73 Å². The first-order valence-corrected chi connectivity index (χ1v) is 7.77. The summed E-state index contributed by atoms with van der Waals surface area (Å²) in [4.78, 5) is 4.76. The van der Waals surface area contributed by atoms with E-state index in [2.05, 4.69) is 5.38 Å². The van der Waals surface area contributed by atoms with Crippen LogP contribution in [0, 0.1) is 0 Å². The molecule has 1 aliphatic heterocycles. The van der Waals surface area contributed by atoms with Crippen molar-refractivity contribution in [1.82, 2.24) is 4.98 Å². The molecule has 0 radical (unpaired) electrons. The maximum absolute atomic E-state index is 6.47. The molecule has 2 aromatic rings. The van der Waals surface area contributed by atoms with Gasteiger partial charge in [-0.05, 0) is 31.0 Å². The molecule has 0 unspecified atom stereocenters. The minimum atomic E-state index is -0.209. The predicted octanol–water partition coefficient (Wildman–Crippen LogP) is 3.27. The second kappa shape index (κ2) is 4.46. The molecule has 0 saturated heterocycles. The van der Waals surface area contributed by atoms with Gasteiger partial charge in [-0.25, -0.2) is 4.98 Å².